The lowest BCUT2D eigenvalue weighted by molar-refractivity contribution is -0.158. The summed E-state index contributed by atoms with van der Waals surface area (Å²) in [5.74, 6) is -0.469. The van der Waals surface area contributed by atoms with Crippen LogP contribution in [0.5, 0.6) is 0 Å². The number of aromatic nitrogens is 1. The van der Waals surface area contributed by atoms with Crippen LogP contribution in [0.3, 0.4) is 0 Å². The number of urea groups is 1. The maximum Gasteiger partial charge on any atom is 0.408 e. The standard InChI is InChI=1S/C17H19F3N6O3/c1-9(17(18,19)20)22-14(27)11-2-3-12-13(23-11)26(10-4-6-25(12)8-10)16(28)24-15-21-5-7-29-15/h2-3,5,7,9-11,23H,4,6,8H2,1H3,(H,22,27)(H,21,24,28)/t9-,10+,11?/m1/s1. The van der Waals surface area contributed by atoms with Crippen molar-refractivity contribution in [3.63, 3.8) is 0 Å². The molecule has 4 heterocycles. The van der Waals surface area contributed by atoms with Crippen molar-refractivity contribution in [2.75, 3.05) is 18.4 Å². The van der Waals surface area contributed by atoms with E-state index >= 15 is 0 Å². The second-order valence-electron chi connectivity index (χ2n) is 7.01. The Hall–Kier alpha value is -3.18. The van der Waals surface area contributed by atoms with E-state index in [1.807, 2.05) is 5.32 Å². The molecule has 3 N–H and O–H groups in total. The molecule has 1 saturated heterocycles. The first kappa shape index (κ1) is 19.2. The van der Waals surface area contributed by atoms with Gasteiger partial charge < -0.3 is 20.0 Å². The molecule has 0 aromatic carbocycles. The van der Waals surface area contributed by atoms with Crippen molar-refractivity contribution in [3.05, 3.63) is 36.1 Å². The topological polar surface area (TPSA) is 103 Å². The van der Waals surface area contributed by atoms with Crippen molar-refractivity contribution in [2.24, 2.45) is 0 Å². The van der Waals surface area contributed by atoms with Gasteiger partial charge in [0.2, 0.25) is 5.91 Å². The molecule has 2 bridgehead atoms. The van der Waals surface area contributed by atoms with Gasteiger partial charge in [-0.25, -0.2) is 9.78 Å². The first-order valence-corrected chi connectivity index (χ1v) is 9.05. The lowest BCUT2D eigenvalue weighted by Gasteiger charge is -2.40. The third-order valence-corrected chi connectivity index (χ3v) is 5.09. The van der Waals surface area contributed by atoms with E-state index in [9.17, 15) is 22.8 Å². The Bertz CT molecular complexity index is 866. The quantitative estimate of drug-likeness (QED) is 0.693. The third kappa shape index (κ3) is 3.61. The molecule has 4 rings (SSSR count). The number of nitrogens with one attached hydrogen (secondary N) is 3. The number of anilines is 1. The summed E-state index contributed by atoms with van der Waals surface area (Å²) >= 11 is 0. The zero-order valence-electron chi connectivity index (χ0n) is 15.4. The fourth-order valence-corrected chi connectivity index (χ4v) is 3.58. The number of hydrogen-bond acceptors (Lipinski definition) is 6. The van der Waals surface area contributed by atoms with Gasteiger partial charge in [0.05, 0.1) is 17.9 Å². The molecule has 0 spiro atoms. The van der Waals surface area contributed by atoms with E-state index in [1.54, 1.807) is 6.08 Å². The van der Waals surface area contributed by atoms with Crippen molar-refractivity contribution in [1.29, 1.82) is 0 Å². The summed E-state index contributed by atoms with van der Waals surface area (Å²) in [5, 5.41) is 7.40. The van der Waals surface area contributed by atoms with E-state index in [1.165, 1.54) is 23.4 Å². The smallest absolute Gasteiger partial charge is 0.408 e. The number of nitrogens with zero attached hydrogens (tertiary/aromatic N) is 3. The molecular weight excluding hydrogens is 393 g/mol. The maximum absolute atomic E-state index is 12.8. The van der Waals surface area contributed by atoms with Crippen LogP contribution in [0.2, 0.25) is 0 Å². The number of allylic oxidation sites excluding steroid dienone is 1. The molecule has 1 unspecified atom stereocenters. The predicted molar refractivity (Wildman–Crippen MR) is 94.1 cm³/mol. The number of alkyl halides is 3. The minimum absolute atomic E-state index is 0.0252. The normalized spacial score (nSPS) is 24.1. The van der Waals surface area contributed by atoms with Crippen LogP contribution in [0.15, 0.2) is 40.5 Å². The monoisotopic (exact) mass is 412 g/mol. The van der Waals surface area contributed by atoms with Crippen molar-refractivity contribution in [1.82, 2.24) is 25.4 Å². The molecule has 0 radical (unpaired) electrons. The molecule has 12 heteroatoms. The summed E-state index contributed by atoms with van der Waals surface area (Å²) < 4.78 is 43.3. The van der Waals surface area contributed by atoms with Crippen LogP contribution in [0.1, 0.15) is 13.3 Å². The zero-order valence-corrected chi connectivity index (χ0v) is 15.4. The SMILES string of the molecule is C[C@@H](NC(=O)C1C=CC2=C(N1)N(C(=O)Nc1ncco1)[C@H]1CCN2C1)C(F)(F)F. The van der Waals surface area contributed by atoms with Crippen molar-refractivity contribution in [3.8, 4) is 0 Å². The van der Waals surface area contributed by atoms with Gasteiger partial charge in [0.25, 0.3) is 0 Å². The molecule has 3 amide bonds. The molecule has 3 atom stereocenters. The molecule has 29 heavy (non-hydrogen) atoms. The number of hydrogen-bond donors (Lipinski definition) is 3. The lowest BCUT2D eigenvalue weighted by atomic mass is 10.1. The van der Waals surface area contributed by atoms with Gasteiger partial charge in [-0.15, -0.1) is 0 Å². The Labute approximate surface area is 163 Å². The van der Waals surface area contributed by atoms with Crippen LogP contribution in [-0.4, -0.2) is 64.1 Å². The molecule has 3 aliphatic heterocycles. The average Bonchev–Trinajstić information content (AvgIpc) is 3.31. The number of amides is 3. The van der Waals surface area contributed by atoms with E-state index in [0.717, 1.165) is 13.5 Å². The molecule has 1 aromatic heterocycles. The van der Waals surface area contributed by atoms with Gasteiger partial charge in [0.15, 0.2) is 0 Å². The zero-order chi connectivity index (χ0) is 20.8. The van der Waals surface area contributed by atoms with Crippen molar-refractivity contribution in [2.45, 2.75) is 37.6 Å². The van der Waals surface area contributed by atoms with Crippen LogP contribution in [0, 0.1) is 0 Å². The van der Waals surface area contributed by atoms with Crippen LogP contribution < -0.4 is 16.0 Å². The van der Waals surface area contributed by atoms with Crippen LogP contribution in [-0.2, 0) is 4.79 Å². The third-order valence-electron chi connectivity index (χ3n) is 5.09. The second kappa shape index (κ2) is 7.01. The molecule has 9 nitrogen and oxygen atoms in total. The van der Waals surface area contributed by atoms with Gasteiger partial charge >= 0.3 is 18.2 Å². The molecule has 1 aromatic rings. The molecule has 0 aliphatic carbocycles. The summed E-state index contributed by atoms with van der Waals surface area (Å²) in [4.78, 5) is 32.6. The van der Waals surface area contributed by atoms with Crippen molar-refractivity contribution >= 4 is 18.0 Å². The molecule has 156 valence electrons. The van der Waals surface area contributed by atoms with E-state index in [-0.39, 0.29) is 12.1 Å². The van der Waals surface area contributed by atoms with Crippen LogP contribution in [0.4, 0.5) is 24.0 Å². The number of carbonyl (C=O) groups excluding carboxylic acids is 2. The Kier molecular flexibility index (Phi) is 4.63. The summed E-state index contributed by atoms with van der Waals surface area (Å²) in [6.07, 6.45) is 2.01. The van der Waals surface area contributed by atoms with Crippen LogP contribution >= 0.6 is 0 Å². The second-order valence-corrected chi connectivity index (χ2v) is 7.01. The first-order chi connectivity index (χ1) is 13.7. The van der Waals surface area contributed by atoms with Crippen LogP contribution in [0.25, 0.3) is 0 Å². The summed E-state index contributed by atoms with van der Waals surface area (Å²) in [5.41, 5.74) is 0.703. The number of fused-ring (bicyclic) bond motifs is 3. The number of dihydropyridines is 1. The average molecular weight is 412 g/mol. The highest BCUT2D eigenvalue weighted by Gasteiger charge is 2.43. The minimum Gasteiger partial charge on any atom is -0.432 e. The number of rotatable bonds is 3. The Balaban J connectivity index is 1.53. The van der Waals surface area contributed by atoms with Crippen molar-refractivity contribution < 1.29 is 27.2 Å². The van der Waals surface area contributed by atoms with E-state index in [4.69, 9.17) is 4.42 Å². The highest BCUT2D eigenvalue weighted by Crippen LogP contribution is 2.33. The van der Waals surface area contributed by atoms with Gasteiger partial charge in [-0.1, -0.05) is 6.08 Å². The number of halogens is 3. The molecule has 0 saturated carbocycles. The van der Waals surface area contributed by atoms with Gasteiger partial charge in [-0.3, -0.25) is 15.0 Å². The summed E-state index contributed by atoms with van der Waals surface area (Å²) in [6, 6.07) is -3.67. The predicted octanol–water partition coefficient (Wildman–Crippen LogP) is 1.36. The Morgan fingerprint density at radius 2 is 2.21 bits per heavy atom. The lowest BCUT2D eigenvalue weighted by Crippen LogP contribution is -2.57. The van der Waals surface area contributed by atoms with Gasteiger partial charge in [-0.05, 0) is 19.4 Å². The molecular formula is C17H19F3N6O3. The maximum atomic E-state index is 12.8. The molecule has 1 fully saturated rings. The Morgan fingerprint density at radius 3 is 2.90 bits per heavy atom. The fourth-order valence-electron chi connectivity index (χ4n) is 3.58. The first-order valence-electron chi connectivity index (χ1n) is 9.05. The summed E-state index contributed by atoms with van der Waals surface area (Å²) in [6.45, 7) is 2.21. The number of oxazole rings is 1. The fraction of sp³-hybridized carbons (Fsp3) is 0.471. The van der Waals surface area contributed by atoms with Gasteiger partial charge in [0, 0.05) is 13.1 Å². The summed E-state index contributed by atoms with van der Waals surface area (Å²) in [7, 11) is 0. The largest absolute Gasteiger partial charge is 0.432 e. The van der Waals surface area contributed by atoms with Gasteiger partial charge in [0.1, 0.15) is 24.2 Å². The van der Waals surface area contributed by atoms with E-state index in [2.05, 4.69) is 20.5 Å². The highest BCUT2D eigenvalue weighted by molar-refractivity contribution is 5.90. The van der Waals surface area contributed by atoms with E-state index < -0.39 is 30.2 Å². The Morgan fingerprint density at radius 1 is 1.41 bits per heavy atom. The molecule has 3 aliphatic rings. The van der Waals surface area contributed by atoms with Gasteiger partial charge in [-0.2, -0.15) is 13.2 Å². The minimum atomic E-state index is -4.55. The van der Waals surface area contributed by atoms with E-state index in [0.29, 0.717) is 24.5 Å². The number of carbonyl (C=O) groups is 2. The highest BCUT2D eigenvalue weighted by atomic mass is 19.4.